The molecule has 0 aliphatic heterocycles. The summed E-state index contributed by atoms with van der Waals surface area (Å²) in [4.78, 5) is 0.332. The van der Waals surface area contributed by atoms with E-state index < -0.39 is 0 Å². The smallest absolute Gasteiger partial charge is 0.163 e. The van der Waals surface area contributed by atoms with E-state index in [1.54, 1.807) is 11.3 Å². The van der Waals surface area contributed by atoms with Crippen molar-refractivity contribution in [2.45, 2.75) is 13.8 Å². The van der Waals surface area contributed by atoms with Crippen LogP contribution in [0.4, 0.5) is 11.5 Å². The van der Waals surface area contributed by atoms with E-state index in [0.717, 1.165) is 22.5 Å². The van der Waals surface area contributed by atoms with Gasteiger partial charge in [0, 0.05) is 5.38 Å². The Bertz CT molecular complexity index is 549. The average molecular weight is 264 g/mol. The standard InChI is InChI=1S/C11H12N4S2/c1-6-7(2)14-15-11(9(6)10(12)16)13-8-3-4-17-5-8/h3-5H,1-2H3,(H2,12,16)(H,13,15). The van der Waals surface area contributed by atoms with Crippen LogP contribution in [0.2, 0.25) is 0 Å². The van der Waals surface area contributed by atoms with Crippen LogP contribution in [-0.2, 0) is 0 Å². The van der Waals surface area contributed by atoms with Crippen molar-refractivity contribution in [3.8, 4) is 0 Å². The van der Waals surface area contributed by atoms with Crippen molar-refractivity contribution in [2.24, 2.45) is 5.73 Å². The molecule has 2 aromatic heterocycles. The van der Waals surface area contributed by atoms with E-state index in [4.69, 9.17) is 18.0 Å². The van der Waals surface area contributed by atoms with Crippen LogP contribution in [0.25, 0.3) is 0 Å². The molecule has 0 fully saturated rings. The number of nitrogens with two attached hydrogens (primary N) is 1. The molecule has 0 aliphatic carbocycles. The second-order valence-electron chi connectivity index (χ2n) is 3.64. The molecule has 0 unspecified atom stereocenters. The van der Waals surface area contributed by atoms with E-state index in [-0.39, 0.29) is 0 Å². The van der Waals surface area contributed by atoms with E-state index in [0.29, 0.717) is 10.8 Å². The van der Waals surface area contributed by atoms with E-state index in [1.807, 2.05) is 30.7 Å². The number of nitrogens with one attached hydrogen (secondary N) is 1. The molecular formula is C11H12N4S2. The zero-order chi connectivity index (χ0) is 12.4. The molecule has 4 nitrogen and oxygen atoms in total. The Labute approximate surface area is 109 Å². The molecule has 2 aromatic rings. The lowest BCUT2D eigenvalue weighted by Gasteiger charge is -2.12. The minimum atomic E-state index is 0.332. The zero-order valence-electron chi connectivity index (χ0n) is 9.52. The Morgan fingerprint density at radius 1 is 1.41 bits per heavy atom. The molecule has 0 saturated heterocycles. The molecule has 0 saturated carbocycles. The fraction of sp³-hybridized carbons (Fsp3) is 0.182. The summed E-state index contributed by atoms with van der Waals surface area (Å²) in [5, 5.41) is 15.3. The monoisotopic (exact) mass is 264 g/mol. The largest absolute Gasteiger partial charge is 0.389 e. The average Bonchev–Trinajstić information content (AvgIpc) is 2.76. The molecule has 6 heteroatoms. The lowest BCUT2D eigenvalue weighted by atomic mass is 10.1. The van der Waals surface area contributed by atoms with Gasteiger partial charge in [-0.1, -0.05) is 12.2 Å². The summed E-state index contributed by atoms with van der Waals surface area (Å²) in [6.07, 6.45) is 0. The fourth-order valence-corrected chi connectivity index (χ4v) is 2.31. The zero-order valence-corrected chi connectivity index (χ0v) is 11.2. The van der Waals surface area contributed by atoms with Crippen LogP contribution in [0.3, 0.4) is 0 Å². The summed E-state index contributed by atoms with van der Waals surface area (Å²) < 4.78 is 0. The Morgan fingerprint density at radius 3 is 2.76 bits per heavy atom. The number of aromatic nitrogens is 2. The minimum Gasteiger partial charge on any atom is -0.389 e. The highest BCUT2D eigenvalue weighted by Gasteiger charge is 2.13. The number of thiocarbonyl (C=S) groups is 1. The summed E-state index contributed by atoms with van der Waals surface area (Å²) in [6.45, 7) is 3.83. The maximum atomic E-state index is 5.74. The third-order valence-corrected chi connectivity index (χ3v) is 3.37. The molecular weight excluding hydrogens is 252 g/mol. The van der Waals surface area contributed by atoms with Gasteiger partial charge in [0.25, 0.3) is 0 Å². The summed E-state index contributed by atoms with van der Waals surface area (Å²) in [6, 6.07) is 1.96. The molecule has 2 rings (SSSR count). The van der Waals surface area contributed by atoms with Gasteiger partial charge in [-0.15, -0.1) is 5.10 Å². The molecule has 0 aliphatic rings. The van der Waals surface area contributed by atoms with Crippen molar-refractivity contribution in [3.63, 3.8) is 0 Å². The molecule has 0 atom stereocenters. The van der Waals surface area contributed by atoms with E-state index in [9.17, 15) is 0 Å². The third kappa shape index (κ3) is 2.42. The number of aryl methyl sites for hydroxylation is 1. The number of hydrogen-bond donors (Lipinski definition) is 2. The first-order chi connectivity index (χ1) is 8.09. The molecule has 0 spiro atoms. The van der Waals surface area contributed by atoms with Gasteiger partial charge in [0.15, 0.2) is 5.82 Å². The Balaban J connectivity index is 2.47. The van der Waals surface area contributed by atoms with Gasteiger partial charge in [-0.2, -0.15) is 16.4 Å². The summed E-state index contributed by atoms with van der Waals surface area (Å²) in [5.41, 5.74) is 9.27. The number of anilines is 2. The highest BCUT2D eigenvalue weighted by atomic mass is 32.1. The molecule has 88 valence electrons. The quantitative estimate of drug-likeness (QED) is 0.834. The Kier molecular flexibility index (Phi) is 3.35. The maximum Gasteiger partial charge on any atom is 0.163 e. The van der Waals surface area contributed by atoms with E-state index in [2.05, 4.69) is 15.5 Å². The molecule has 0 radical (unpaired) electrons. The van der Waals surface area contributed by atoms with Crippen LogP contribution in [0.15, 0.2) is 16.8 Å². The van der Waals surface area contributed by atoms with Gasteiger partial charge in [-0.05, 0) is 30.9 Å². The maximum absolute atomic E-state index is 5.74. The predicted molar refractivity (Wildman–Crippen MR) is 75.0 cm³/mol. The van der Waals surface area contributed by atoms with Gasteiger partial charge < -0.3 is 11.1 Å². The van der Waals surface area contributed by atoms with Crippen LogP contribution >= 0.6 is 23.6 Å². The van der Waals surface area contributed by atoms with Crippen molar-refractivity contribution >= 4 is 40.0 Å². The van der Waals surface area contributed by atoms with Gasteiger partial charge in [0.05, 0.1) is 16.9 Å². The van der Waals surface area contributed by atoms with Gasteiger partial charge in [-0.25, -0.2) is 0 Å². The second kappa shape index (κ2) is 4.77. The van der Waals surface area contributed by atoms with Crippen molar-refractivity contribution < 1.29 is 0 Å². The lowest BCUT2D eigenvalue weighted by molar-refractivity contribution is 0.963. The van der Waals surface area contributed by atoms with Gasteiger partial charge in [-0.3, -0.25) is 0 Å². The van der Waals surface area contributed by atoms with Crippen LogP contribution in [0.5, 0.6) is 0 Å². The summed E-state index contributed by atoms with van der Waals surface area (Å²) >= 11 is 6.67. The van der Waals surface area contributed by atoms with E-state index in [1.165, 1.54) is 0 Å². The van der Waals surface area contributed by atoms with Crippen LogP contribution in [0, 0.1) is 13.8 Å². The second-order valence-corrected chi connectivity index (χ2v) is 4.86. The third-order valence-electron chi connectivity index (χ3n) is 2.48. The SMILES string of the molecule is Cc1nnc(Nc2ccsc2)c(C(N)=S)c1C. The summed E-state index contributed by atoms with van der Waals surface area (Å²) in [5.74, 6) is 0.610. The van der Waals surface area contributed by atoms with E-state index >= 15 is 0 Å². The molecule has 3 N–H and O–H groups in total. The Hall–Kier alpha value is -1.53. The first-order valence-electron chi connectivity index (χ1n) is 5.02. The molecule has 0 bridgehead atoms. The van der Waals surface area contributed by atoms with Crippen molar-refractivity contribution in [2.75, 3.05) is 5.32 Å². The van der Waals surface area contributed by atoms with Crippen molar-refractivity contribution in [1.29, 1.82) is 0 Å². The van der Waals surface area contributed by atoms with Crippen LogP contribution in [0.1, 0.15) is 16.8 Å². The topological polar surface area (TPSA) is 63.8 Å². The van der Waals surface area contributed by atoms with Crippen molar-refractivity contribution in [3.05, 3.63) is 33.6 Å². The highest BCUT2D eigenvalue weighted by molar-refractivity contribution is 7.80. The number of nitrogens with zero attached hydrogens (tertiary/aromatic N) is 2. The minimum absolute atomic E-state index is 0.332. The van der Waals surface area contributed by atoms with Gasteiger partial charge >= 0.3 is 0 Å². The highest BCUT2D eigenvalue weighted by Crippen LogP contribution is 2.23. The van der Waals surface area contributed by atoms with Gasteiger partial charge in [0.1, 0.15) is 4.99 Å². The first kappa shape index (κ1) is 11.9. The normalized spacial score (nSPS) is 10.2. The van der Waals surface area contributed by atoms with Crippen LogP contribution in [-0.4, -0.2) is 15.2 Å². The number of rotatable bonds is 3. The molecule has 17 heavy (non-hydrogen) atoms. The molecule has 0 aromatic carbocycles. The number of thiophene rings is 1. The van der Waals surface area contributed by atoms with Crippen molar-refractivity contribution in [1.82, 2.24) is 10.2 Å². The first-order valence-corrected chi connectivity index (χ1v) is 6.37. The number of hydrogen-bond acceptors (Lipinski definition) is 5. The molecule has 0 amide bonds. The summed E-state index contributed by atoms with van der Waals surface area (Å²) in [7, 11) is 0. The lowest BCUT2D eigenvalue weighted by Crippen LogP contribution is -2.16. The Morgan fingerprint density at radius 2 is 2.18 bits per heavy atom. The predicted octanol–water partition coefficient (Wildman–Crippen LogP) is 2.53. The van der Waals surface area contributed by atoms with Gasteiger partial charge in [0.2, 0.25) is 0 Å². The molecule has 2 heterocycles. The fourth-order valence-electron chi connectivity index (χ4n) is 1.47. The van der Waals surface area contributed by atoms with Crippen LogP contribution < -0.4 is 11.1 Å².